The number of hydrogen-bond donors (Lipinski definition) is 1. The van der Waals surface area contributed by atoms with Gasteiger partial charge in [0.1, 0.15) is 0 Å². The topological polar surface area (TPSA) is 93.3 Å². The third-order valence-electron chi connectivity index (χ3n) is 6.79. The van der Waals surface area contributed by atoms with Gasteiger partial charge in [-0.2, -0.15) is 5.01 Å². The molecule has 3 aliphatic rings. The lowest BCUT2D eigenvalue weighted by atomic mass is 10.1. The number of anilines is 1. The molecule has 178 valence electrons. The summed E-state index contributed by atoms with van der Waals surface area (Å²) in [5.74, 6) is -1.50. The smallest absolute Gasteiger partial charge is 0.343 e. The van der Waals surface area contributed by atoms with E-state index >= 15 is 0 Å². The highest BCUT2D eigenvalue weighted by atomic mass is 32.1. The van der Waals surface area contributed by atoms with E-state index in [2.05, 4.69) is 44.8 Å². The predicted octanol–water partition coefficient (Wildman–Crippen LogP) is 2.68. The number of hydrogen-bond acceptors (Lipinski definition) is 7. The number of nitrogens with one attached hydrogen (secondary N) is 1. The Bertz CT molecular complexity index is 1380. The van der Waals surface area contributed by atoms with Gasteiger partial charge in [-0.25, -0.2) is 9.80 Å². The Morgan fingerprint density at radius 2 is 1.66 bits per heavy atom. The molecule has 3 aliphatic heterocycles. The fourth-order valence-electron chi connectivity index (χ4n) is 5.00. The second-order valence-corrected chi connectivity index (χ2v) is 9.85. The zero-order valence-corrected chi connectivity index (χ0v) is 19.7. The maximum absolute atomic E-state index is 13.0. The molecular formula is C25H23N5O4S. The number of amides is 5. The number of hydrazine groups is 1. The molecule has 0 atom stereocenters. The second-order valence-electron chi connectivity index (χ2n) is 8.90. The van der Waals surface area contributed by atoms with Gasteiger partial charge >= 0.3 is 6.03 Å². The minimum absolute atomic E-state index is 0.00757. The molecule has 5 amide bonds. The molecular weight excluding hydrogens is 466 g/mol. The number of piperazine rings is 1. The summed E-state index contributed by atoms with van der Waals surface area (Å²) in [5, 5.41) is 7.44. The summed E-state index contributed by atoms with van der Waals surface area (Å²) >= 11 is 1.76. The number of rotatable bonds is 4. The lowest BCUT2D eigenvalue weighted by Gasteiger charge is -2.36. The zero-order chi connectivity index (χ0) is 24.1. The number of thiophene rings is 1. The van der Waals surface area contributed by atoms with Crippen molar-refractivity contribution in [2.75, 3.05) is 37.6 Å². The van der Waals surface area contributed by atoms with Gasteiger partial charge in [0.05, 0.1) is 17.7 Å². The molecule has 2 fully saturated rings. The molecule has 6 rings (SSSR count). The number of urea groups is 1. The second kappa shape index (κ2) is 8.47. The maximum Gasteiger partial charge on any atom is 0.343 e. The Kier molecular flexibility index (Phi) is 5.27. The molecule has 1 aromatic heterocycles. The highest BCUT2D eigenvalue weighted by Crippen LogP contribution is 2.31. The number of fused-ring (bicyclic) bond motifs is 2. The first-order chi connectivity index (χ1) is 17.0. The number of nitrogens with zero attached hydrogens (tertiary/aromatic N) is 4. The van der Waals surface area contributed by atoms with Gasteiger partial charge in [0.15, 0.2) is 0 Å². The van der Waals surface area contributed by atoms with E-state index in [-0.39, 0.29) is 18.5 Å². The van der Waals surface area contributed by atoms with Gasteiger partial charge in [-0.1, -0.05) is 12.1 Å². The average Bonchev–Trinajstić information content (AvgIpc) is 3.43. The van der Waals surface area contributed by atoms with Crippen LogP contribution in [0.3, 0.4) is 0 Å². The van der Waals surface area contributed by atoms with Crippen LogP contribution in [0.25, 0.3) is 10.1 Å². The van der Waals surface area contributed by atoms with Crippen molar-refractivity contribution in [3.8, 4) is 0 Å². The van der Waals surface area contributed by atoms with Crippen molar-refractivity contribution < 1.29 is 19.2 Å². The van der Waals surface area contributed by atoms with Gasteiger partial charge in [-0.05, 0) is 41.3 Å². The largest absolute Gasteiger partial charge is 0.368 e. The van der Waals surface area contributed by atoms with Crippen LogP contribution in [0.1, 0.15) is 32.7 Å². The highest BCUT2D eigenvalue weighted by Gasteiger charge is 2.43. The van der Waals surface area contributed by atoms with Gasteiger partial charge in [0.2, 0.25) is 5.91 Å². The van der Waals surface area contributed by atoms with E-state index in [1.165, 1.54) is 15.8 Å². The van der Waals surface area contributed by atoms with Crippen molar-refractivity contribution in [2.24, 2.45) is 0 Å². The molecule has 0 aliphatic carbocycles. The monoisotopic (exact) mass is 489 g/mol. The molecule has 0 unspecified atom stereocenters. The molecule has 2 saturated heterocycles. The van der Waals surface area contributed by atoms with Crippen molar-refractivity contribution in [3.05, 3.63) is 64.5 Å². The summed E-state index contributed by atoms with van der Waals surface area (Å²) < 4.78 is 1.30. The van der Waals surface area contributed by atoms with E-state index in [1.54, 1.807) is 23.5 Å². The SMILES string of the molecule is O=C1CCN(N2C(=O)c3ccc(CN4CCN(c5cccc6sccc56)CC4)cc3C2=O)C(=O)N1. The summed E-state index contributed by atoms with van der Waals surface area (Å²) in [6.07, 6.45) is 0.0390. The molecule has 0 saturated carbocycles. The van der Waals surface area contributed by atoms with Gasteiger partial charge in [-0.15, -0.1) is 11.3 Å². The first kappa shape index (κ1) is 21.8. The quantitative estimate of drug-likeness (QED) is 0.567. The van der Waals surface area contributed by atoms with E-state index in [4.69, 9.17) is 0 Å². The Morgan fingerprint density at radius 3 is 2.46 bits per heavy atom. The number of carbonyl (C=O) groups excluding carboxylic acids is 4. The molecule has 35 heavy (non-hydrogen) atoms. The first-order valence-electron chi connectivity index (χ1n) is 11.6. The highest BCUT2D eigenvalue weighted by molar-refractivity contribution is 7.17. The minimum atomic E-state index is -0.757. The molecule has 4 heterocycles. The first-order valence-corrected chi connectivity index (χ1v) is 12.4. The van der Waals surface area contributed by atoms with E-state index < -0.39 is 23.8 Å². The maximum atomic E-state index is 13.0. The van der Waals surface area contributed by atoms with Gasteiger partial charge in [0.25, 0.3) is 11.8 Å². The summed E-state index contributed by atoms with van der Waals surface area (Å²) in [5.41, 5.74) is 2.78. The van der Waals surface area contributed by atoms with Gasteiger partial charge in [0, 0.05) is 54.9 Å². The normalized spacial score (nSPS) is 19.0. The lowest BCUT2D eigenvalue weighted by Crippen LogP contribution is -2.58. The molecule has 2 aromatic carbocycles. The molecule has 10 heteroatoms. The van der Waals surface area contributed by atoms with Crippen molar-refractivity contribution in [2.45, 2.75) is 13.0 Å². The van der Waals surface area contributed by atoms with Crippen LogP contribution in [-0.2, 0) is 11.3 Å². The summed E-state index contributed by atoms with van der Waals surface area (Å²) in [4.78, 5) is 54.3. The number of benzene rings is 2. The van der Waals surface area contributed by atoms with E-state index in [0.717, 1.165) is 41.8 Å². The van der Waals surface area contributed by atoms with Crippen LogP contribution >= 0.6 is 11.3 Å². The number of imide groups is 2. The lowest BCUT2D eigenvalue weighted by molar-refractivity contribution is -0.122. The Morgan fingerprint density at radius 1 is 0.857 bits per heavy atom. The van der Waals surface area contributed by atoms with Crippen LogP contribution in [0.5, 0.6) is 0 Å². The van der Waals surface area contributed by atoms with Crippen LogP contribution in [-0.4, -0.2) is 71.4 Å². The molecule has 9 nitrogen and oxygen atoms in total. The third-order valence-corrected chi connectivity index (χ3v) is 7.68. The van der Waals surface area contributed by atoms with E-state index in [1.807, 2.05) is 6.07 Å². The summed E-state index contributed by atoms with van der Waals surface area (Å²) in [6, 6.07) is 13.1. The Balaban J connectivity index is 1.14. The molecule has 0 spiro atoms. The van der Waals surface area contributed by atoms with Crippen LogP contribution in [0.2, 0.25) is 0 Å². The van der Waals surface area contributed by atoms with Crippen molar-refractivity contribution in [1.29, 1.82) is 0 Å². The zero-order valence-electron chi connectivity index (χ0n) is 18.9. The van der Waals surface area contributed by atoms with Crippen LogP contribution in [0.15, 0.2) is 47.8 Å². The number of carbonyl (C=O) groups is 4. The Labute approximate surface area is 205 Å². The van der Waals surface area contributed by atoms with Crippen LogP contribution in [0.4, 0.5) is 10.5 Å². The fourth-order valence-corrected chi connectivity index (χ4v) is 5.81. The van der Waals surface area contributed by atoms with Gasteiger partial charge in [-0.3, -0.25) is 24.6 Å². The van der Waals surface area contributed by atoms with E-state index in [0.29, 0.717) is 12.1 Å². The van der Waals surface area contributed by atoms with Crippen LogP contribution in [0, 0.1) is 0 Å². The van der Waals surface area contributed by atoms with Crippen molar-refractivity contribution >= 4 is 50.9 Å². The van der Waals surface area contributed by atoms with Crippen LogP contribution < -0.4 is 10.2 Å². The average molecular weight is 490 g/mol. The molecule has 3 aromatic rings. The van der Waals surface area contributed by atoms with E-state index in [9.17, 15) is 19.2 Å². The van der Waals surface area contributed by atoms with Gasteiger partial charge < -0.3 is 4.90 Å². The fraction of sp³-hybridized carbons (Fsp3) is 0.280. The minimum Gasteiger partial charge on any atom is -0.368 e. The predicted molar refractivity (Wildman–Crippen MR) is 131 cm³/mol. The third kappa shape index (κ3) is 3.75. The summed E-state index contributed by atoms with van der Waals surface area (Å²) in [6.45, 7) is 4.26. The van der Waals surface area contributed by atoms with Crippen molar-refractivity contribution in [1.82, 2.24) is 20.2 Å². The molecule has 1 N–H and O–H groups in total. The Hall–Kier alpha value is -3.76. The molecule has 0 radical (unpaired) electrons. The summed E-state index contributed by atoms with van der Waals surface area (Å²) in [7, 11) is 0. The molecule has 0 bridgehead atoms. The van der Waals surface area contributed by atoms with Crippen molar-refractivity contribution in [3.63, 3.8) is 0 Å². The standard InChI is InChI=1S/C25H23N5O4S/c31-22-6-8-29(25(34)26-22)30-23(32)17-5-4-16(14-19(17)24(30)33)15-27-9-11-28(12-10-27)20-2-1-3-21-18(20)7-13-35-21/h1-5,7,13-14H,6,8-12,15H2,(H,26,31,34).